The number of urea groups is 1. The SMILES string of the molecule is COc1cccc(-c2nc([C@@H]3CCCN(C(=O)Nc4ccc(C(=O)N(C)C)cc4)C3)n3ccccc23)c1. The summed E-state index contributed by atoms with van der Waals surface area (Å²) in [6.45, 7) is 1.26. The Balaban J connectivity index is 1.36. The van der Waals surface area contributed by atoms with Crippen molar-refractivity contribution in [2.75, 3.05) is 39.6 Å². The minimum atomic E-state index is -0.148. The molecule has 2 aromatic carbocycles. The van der Waals surface area contributed by atoms with Gasteiger partial charge in [-0.3, -0.25) is 4.79 Å². The molecule has 8 nitrogen and oxygen atoms in total. The highest BCUT2D eigenvalue weighted by Gasteiger charge is 2.29. The lowest BCUT2D eigenvalue weighted by molar-refractivity contribution is 0.0827. The van der Waals surface area contributed by atoms with Crippen LogP contribution in [0.15, 0.2) is 72.9 Å². The van der Waals surface area contributed by atoms with E-state index in [1.54, 1.807) is 45.5 Å². The van der Waals surface area contributed by atoms with Crippen LogP contribution in [-0.4, -0.2) is 65.4 Å². The van der Waals surface area contributed by atoms with Crippen molar-refractivity contribution in [2.45, 2.75) is 18.8 Å². The molecule has 190 valence electrons. The predicted octanol–water partition coefficient (Wildman–Crippen LogP) is 5.12. The molecule has 3 heterocycles. The Bertz CT molecular complexity index is 1430. The summed E-state index contributed by atoms with van der Waals surface area (Å²) in [7, 11) is 5.09. The normalized spacial score (nSPS) is 15.4. The highest BCUT2D eigenvalue weighted by Crippen LogP contribution is 2.33. The number of carbonyl (C=O) groups excluding carboxylic acids is 2. The van der Waals surface area contributed by atoms with Crippen molar-refractivity contribution in [1.82, 2.24) is 19.2 Å². The maximum atomic E-state index is 13.1. The molecule has 0 radical (unpaired) electrons. The smallest absolute Gasteiger partial charge is 0.321 e. The van der Waals surface area contributed by atoms with Crippen LogP contribution in [0.2, 0.25) is 0 Å². The van der Waals surface area contributed by atoms with Crippen molar-refractivity contribution in [3.63, 3.8) is 0 Å². The summed E-state index contributed by atoms with van der Waals surface area (Å²) < 4.78 is 7.57. The van der Waals surface area contributed by atoms with Gasteiger partial charge in [0.25, 0.3) is 5.91 Å². The fourth-order valence-electron chi connectivity index (χ4n) is 4.86. The molecule has 1 fully saturated rings. The zero-order valence-electron chi connectivity index (χ0n) is 21.3. The molecule has 1 atom stereocenters. The zero-order chi connectivity index (χ0) is 25.9. The first-order valence-corrected chi connectivity index (χ1v) is 12.4. The number of benzene rings is 2. The largest absolute Gasteiger partial charge is 0.497 e. The van der Waals surface area contributed by atoms with Crippen LogP contribution in [0.1, 0.15) is 34.9 Å². The third-order valence-electron chi connectivity index (χ3n) is 6.78. The number of imidazole rings is 1. The highest BCUT2D eigenvalue weighted by atomic mass is 16.5. The Morgan fingerprint density at radius 3 is 2.62 bits per heavy atom. The van der Waals surface area contributed by atoms with Gasteiger partial charge in [0.15, 0.2) is 0 Å². The number of anilines is 1. The number of amides is 3. The molecule has 0 saturated carbocycles. The van der Waals surface area contributed by atoms with E-state index in [1.165, 1.54) is 4.90 Å². The van der Waals surface area contributed by atoms with Gasteiger partial charge in [0.2, 0.25) is 0 Å². The van der Waals surface area contributed by atoms with E-state index < -0.39 is 0 Å². The average molecular weight is 498 g/mol. The number of rotatable bonds is 5. The van der Waals surface area contributed by atoms with E-state index in [1.807, 2.05) is 47.5 Å². The van der Waals surface area contributed by atoms with Crippen LogP contribution in [0, 0.1) is 0 Å². The summed E-state index contributed by atoms with van der Waals surface area (Å²) in [5.74, 6) is 1.78. The zero-order valence-corrected chi connectivity index (χ0v) is 21.3. The fraction of sp³-hybridized carbons (Fsp3) is 0.276. The molecular weight excluding hydrogens is 466 g/mol. The molecular formula is C29H31N5O3. The van der Waals surface area contributed by atoms with E-state index in [2.05, 4.69) is 15.8 Å². The molecule has 37 heavy (non-hydrogen) atoms. The topological polar surface area (TPSA) is 79.2 Å². The molecule has 0 bridgehead atoms. The second-order valence-electron chi connectivity index (χ2n) is 9.50. The van der Waals surface area contributed by atoms with E-state index >= 15 is 0 Å². The molecule has 1 aliphatic heterocycles. The number of likely N-dealkylation sites (tertiary alicyclic amines) is 1. The average Bonchev–Trinajstić information content (AvgIpc) is 3.33. The summed E-state index contributed by atoms with van der Waals surface area (Å²) >= 11 is 0. The highest BCUT2D eigenvalue weighted by molar-refractivity contribution is 5.95. The number of piperidine rings is 1. The van der Waals surface area contributed by atoms with Gasteiger partial charge in [-0.1, -0.05) is 18.2 Å². The van der Waals surface area contributed by atoms with E-state index in [-0.39, 0.29) is 17.9 Å². The van der Waals surface area contributed by atoms with Gasteiger partial charge < -0.3 is 24.3 Å². The van der Waals surface area contributed by atoms with Gasteiger partial charge in [0.05, 0.1) is 18.3 Å². The van der Waals surface area contributed by atoms with Crippen LogP contribution < -0.4 is 10.1 Å². The lowest BCUT2D eigenvalue weighted by Gasteiger charge is -2.32. The van der Waals surface area contributed by atoms with Crippen LogP contribution in [0.5, 0.6) is 5.75 Å². The monoisotopic (exact) mass is 497 g/mol. The Hall–Kier alpha value is -4.33. The van der Waals surface area contributed by atoms with Gasteiger partial charge in [-0.25, -0.2) is 9.78 Å². The number of hydrogen-bond acceptors (Lipinski definition) is 4. The van der Waals surface area contributed by atoms with Crippen molar-refractivity contribution in [1.29, 1.82) is 0 Å². The van der Waals surface area contributed by atoms with Crippen molar-refractivity contribution >= 4 is 23.1 Å². The number of fused-ring (bicyclic) bond motifs is 1. The second-order valence-corrected chi connectivity index (χ2v) is 9.50. The summed E-state index contributed by atoms with van der Waals surface area (Å²) in [4.78, 5) is 33.7. The third-order valence-corrected chi connectivity index (χ3v) is 6.78. The standard InChI is InChI=1S/C29H31N5O3/c1-32(2)28(35)20-12-14-23(15-13-20)30-29(36)33-16-7-9-22(19-33)27-31-26(25-11-4-5-17-34(25)27)21-8-6-10-24(18-21)37-3/h4-6,8,10-15,17-18,22H,7,9,16,19H2,1-3H3,(H,30,36)/t22-/m1/s1. The number of nitrogens with zero attached hydrogens (tertiary/aromatic N) is 4. The first kappa shape index (κ1) is 24.4. The molecule has 5 rings (SSSR count). The van der Waals surface area contributed by atoms with Gasteiger partial charge >= 0.3 is 6.03 Å². The number of ether oxygens (including phenoxy) is 1. The Kier molecular flexibility index (Phi) is 6.81. The Morgan fingerprint density at radius 1 is 1.05 bits per heavy atom. The van der Waals surface area contributed by atoms with Gasteiger partial charge in [-0.05, 0) is 61.4 Å². The number of methoxy groups -OCH3 is 1. The quantitative estimate of drug-likeness (QED) is 0.415. The van der Waals surface area contributed by atoms with Gasteiger partial charge in [-0.15, -0.1) is 0 Å². The van der Waals surface area contributed by atoms with E-state index in [9.17, 15) is 9.59 Å². The molecule has 8 heteroatoms. The Labute approximate surface area is 216 Å². The van der Waals surface area contributed by atoms with E-state index in [0.717, 1.165) is 41.2 Å². The summed E-state index contributed by atoms with van der Waals surface area (Å²) in [5, 5.41) is 2.98. The maximum Gasteiger partial charge on any atom is 0.321 e. The predicted molar refractivity (Wildman–Crippen MR) is 144 cm³/mol. The van der Waals surface area contributed by atoms with Crippen molar-refractivity contribution < 1.29 is 14.3 Å². The fourth-order valence-corrected chi connectivity index (χ4v) is 4.86. The molecule has 2 aromatic heterocycles. The molecule has 1 saturated heterocycles. The van der Waals surface area contributed by atoms with Gasteiger partial charge in [-0.2, -0.15) is 0 Å². The number of aromatic nitrogens is 2. The number of pyridine rings is 1. The molecule has 4 aromatic rings. The number of hydrogen-bond donors (Lipinski definition) is 1. The minimum absolute atomic E-state index is 0.0722. The Morgan fingerprint density at radius 2 is 1.86 bits per heavy atom. The minimum Gasteiger partial charge on any atom is -0.497 e. The first-order valence-electron chi connectivity index (χ1n) is 12.4. The van der Waals surface area contributed by atoms with Crippen LogP contribution >= 0.6 is 0 Å². The molecule has 0 spiro atoms. The maximum absolute atomic E-state index is 13.1. The van der Waals surface area contributed by atoms with Gasteiger partial charge in [0.1, 0.15) is 11.6 Å². The summed E-state index contributed by atoms with van der Waals surface area (Å²) in [5.41, 5.74) is 4.17. The number of nitrogens with one attached hydrogen (secondary N) is 1. The van der Waals surface area contributed by atoms with Crippen molar-refractivity contribution in [3.05, 3.63) is 84.3 Å². The third kappa shape index (κ3) is 5.00. The molecule has 1 N–H and O–H groups in total. The first-order chi connectivity index (χ1) is 17.9. The van der Waals surface area contributed by atoms with Gasteiger partial charge in [0, 0.05) is 56.1 Å². The molecule has 0 aliphatic carbocycles. The molecule has 3 amide bonds. The van der Waals surface area contributed by atoms with Crippen molar-refractivity contribution in [2.24, 2.45) is 0 Å². The van der Waals surface area contributed by atoms with Crippen LogP contribution in [0.4, 0.5) is 10.5 Å². The van der Waals surface area contributed by atoms with E-state index in [0.29, 0.717) is 24.3 Å². The lowest BCUT2D eigenvalue weighted by atomic mass is 9.97. The van der Waals surface area contributed by atoms with Crippen LogP contribution in [0.25, 0.3) is 16.8 Å². The summed E-state index contributed by atoms with van der Waals surface area (Å²) in [6, 6.07) is 20.9. The van der Waals surface area contributed by atoms with Crippen molar-refractivity contribution in [3.8, 4) is 17.0 Å². The lowest BCUT2D eigenvalue weighted by Crippen LogP contribution is -2.42. The van der Waals surface area contributed by atoms with Crippen LogP contribution in [-0.2, 0) is 0 Å². The van der Waals surface area contributed by atoms with Crippen LogP contribution in [0.3, 0.4) is 0 Å². The molecule has 1 aliphatic rings. The number of carbonyl (C=O) groups is 2. The van der Waals surface area contributed by atoms with E-state index in [4.69, 9.17) is 9.72 Å². The summed E-state index contributed by atoms with van der Waals surface area (Å²) in [6.07, 6.45) is 3.89. The molecule has 0 unspecified atom stereocenters. The second kappa shape index (κ2) is 10.3.